The summed E-state index contributed by atoms with van der Waals surface area (Å²) in [6.45, 7) is 4.30. The number of carbonyl (C=O) groups is 1. The maximum Gasteiger partial charge on any atom is 0.319 e. The molecule has 0 aliphatic heterocycles. The van der Waals surface area contributed by atoms with E-state index in [4.69, 9.17) is 11.6 Å². The van der Waals surface area contributed by atoms with Crippen molar-refractivity contribution in [3.05, 3.63) is 54.5 Å². The highest BCUT2D eigenvalue weighted by atomic mass is 35.5. The van der Waals surface area contributed by atoms with Crippen molar-refractivity contribution in [3.8, 4) is 0 Å². The van der Waals surface area contributed by atoms with Gasteiger partial charge in [0.2, 0.25) is 5.15 Å². The molecule has 0 aliphatic rings. The Morgan fingerprint density at radius 1 is 1.52 bits per heavy atom. The summed E-state index contributed by atoms with van der Waals surface area (Å²) in [5.41, 5.74) is 0.586. The van der Waals surface area contributed by atoms with E-state index in [1.165, 1.54) is 17.1 Å². The molecule has 0 atom stereocenters. The average Bonchev–Trinajstić information content (AvgIpc) is 2.74. The molecule has 1 amide bonds. The van der Waals surface area contributed by atoms with Crippen molar-refractivity contribution in [3.63, 3.8) is 0 Å². The number of aromatic nitrogens is 1. The molecule has 0 bridgehead atoms. The number of nitro groups is 1. The van der Waals surface area contributed by atoms with Crippen molar-refractivity contribution in [2.45, 2.75) is 20.4 Å². The molecule has 0 radical (unpaired) electrons. The molecule has 0 spiro atoms. The minimum absolute atomic E-state index is 0.0926. The number of thiophene rings is 1. The molecule has 2 rings (SSSR count). The standard InChI is InChI=1S/C13H12ClN3O3S/c1-7-5-9(21-8(7)2)6-16-13(18)10-3-4-15-12(14)11(10)17(19)20/h3-5H,6H2,1-2H3,(H,16,18). The van der Waals surface area contributed by atoms with Crippen molar-refractivity contribution in [1.82, 2.24) is 10.3 Å². The zero-order valence-electron chi connectivity index (χ0n) is 11.3. The molecule has 21 heavy (non-hydrogen) atoms. The molecule has 6 nitrogen and oxygen atoms in total. The fraction of sp³-hybridized carbons (Fsp3) is 0.231. The zero-order valence-corrected chi connectivity index (χ0v) is 12.9. The Bertz CT molecular complexity index is 695. The lowest BCUT2D eigenvalue weighted by molar-refractivity contribution is -0.385. The smallest absolute Gasteiger partial charge is 0.319 e. The van der Waals surface area contributed by atoms with Crippen molar-refractivity contribution < 1.29 is 9.72 Å². The Balaban J connectivity index is 2.17. The molecule has 0 unspecified atom stereocenters. The summed E-state index contributed by atoms with van der Waals surface area (Å²) in [7, 11) is 0. The van der Waals surface area contributed by atoms with Crippen LogP contribution < -0.4 is 5.32 Å². The van der Waals surface area contributed by atoms with Gasteiger partial charge in [-0.15, -0.1) is 11.3 Å². The van der Waals surface area contributed by atoms with E-state index >= 15 is 0 Å². The predicted molar refractivity (Wildman–Crippen MR) is 80.9 cm³/mol. The van der Waals surface area contributed by atoms with Gasteiger partial charge >= 0.3 is 5.69 Å². The number of pyridine rings is 1. The summed E-state index contributed by atoms with van der Waals surface area (Å²) in [5.74, 6) is -0.547. The van der Waals surface area contributed by atoms with Gasteiger partial charge in [0.1, 0.15) is 5.56 Å². The van der Waals surface area contributed by atoms with E-state index in [1.54, 1.807) is 11.3 Å². The second kappa shape index (κ2) is 6.19. The van der Waals surface area contributed by atoms with Gasteiger partial charge in [-0.05, 0) is 31.5 Å². The van der Waals surface area contributed by atoms with Gasteiger partial charge in [0.05, 0.1) is 11.5 Å². The van der Waals surface area contributed by atoms with Gasteiger partial charge in [-0.1, -0.05) is 11.6 Å². The number of carbonyl (C=O) groups excluding carboxylic acids is 1. The van der Waals surface area contributed by atoms with Crippen molar-refractivity contribution >= 4 is 34.5 Å². The molecular weight excluding hydrogens is 314 g/mol. The number of nitrogens with zero attached hydrogens (tertiary/aromatic N) is 2. The van der Waals surface area contributed by atoms with Gasteiger partial charge < -0.3 is 5.32 Å². The molecule has 0 saturated heterocycles. The first kappa shape index (κ1) is 15.4. The Morgan fingerprint density at radius 3 is 2.81 bits per heavy atom. The quantitative estimate of drug-likeness (QED) is 0.531. The average molecular weight is 326 g/mol. The lowest BCUT2D eigenvalue weighted by Gasteiger charge is -2.05. The third-order valence-corrected chi connectivity index (χ3v) is 4.38. The Morgan fingerprint density at radius 2 is 2.24 bits per heavy atom. The Kier molecular flexibility index (Phi) is 4.54. The van der Waals surface area contributed by atoms with Gasteiger partial charge in [0, 0.05) is 16.0 Å². The SMILES string of the molecule is Cc1cc(CNC(=O)c2ccnc(Cl)c2[N+](=O)[O-])sc1C. The Hall–Kier alpha value is -1.99. The van der Waals surface area contributed by atoms with E-state index in [1.807, 2.05) is 19.9 Å². The predicted octanol–water partition coefficient (Wildman–Crippen LogP) is 3.25. The summed E-state index contributed by atoms with van der Waals surface area (Å²) in [6, 6.07) is 3.26. The molecule has 0 fully saturated rings. The van der Waals surface area contributed by atoms with E-state index in [0.717, 1.165) is 10.4 Å². The highest BCUT2D eigenvalue weighted by Gasteiger charge is 2.24. The molecule has 110 valence electrons. The van der Waals surface area contributed by atoms with Crippen LogP contribution in [0.1, 0.15) is 25.7 Å². The maximum atomic E-state index is 12.1. The van der Waals surface area contributed by atoms with E-state index in [9.17, 15) is 14.9 Å². The molecule has 2 heterocycles. The first-order valence-corrected chi connectivity index (χ1v) is 7.22. The summed E-state index contributed by atoms with van der Waals surface area (Å²) in [5, 5.41) is 13.3. The van der Waals surface area contributed by atoms with Gasteiger partial charge in [0.25, 0.3) is 5.91 Å². The number of amides is 1. The third kappa shape index (κ3) is 3.37. The van der Waals surface area contributed by atoms with Crippen LogP contribution in [0.5, 0.6) is 0 Å². The van der Waals surface area contributed by atoms with E-state index in [0.29, 0.717) is 6.54 Å². The van der Waals surface area contributed by atoms with Crippen molar-refractivity contribution in [1.29, 1.82) is 0 Å². The number of nitrogens with one attached hydrogen (secondary N) is 1. The van der Waals surface area contributed by atoms with Crippen LogP contribution in [0.25, 0.3) is 0 Å². The lowest BCUT2D eigenvalue weighted by Crippen LogP contribution is -2.23. The number of hydrogen-bond acceptors (Lipinski definition) is 5. The molecule has 0 aromatic carbocycles. The van der Waals surface area contributed by atoms with Gasteiger partial charge in [-0.25, -0.2) is 4.98 Å². The molecule has 2 aromatic heterocycles. The Labute approximate surface area is 129 Å². The topological polar surface area (TPSA) is 85.1 Å². The first-order valence-electron chi connectivity index (χ1n) is 6.03. The highest BCUT2D eigenvalue weighted by molar-refractivity contribution is 7.12. The number of halogens is 1. The fourth-order valence-electron chi connectivity index (χ4n) is 1.78. The fourth-order valence-corrected chi connectivity index (χ4v) is 3.01. The summed E-state index contributed by atoms with van der Waals surface area (Å²) < 4.78 is 0. The third-order valence-electron chi connectivity index (χ3n) is 2.95. The zero-order chi connectivity index (χ0) is 15.6. The van der Waals surface area contributed by atoms with Crippen LogP contribution in [0.15, 0.2) is 18.3 Å². The lowest BCUT2D eigenvalue weighted by atomic mass is 10.2. The largest absolute Gasteiger partial charge is 0.347 e. The van der Waals surface area contributed by atoms with Crippen LogP contribution in [-0.2, 0) is 6.54 Å². The van der Waals surface area contributed by atoms with Crippen LogP contribution in [0.4, 0.5) is 5.69 Å². The second-order valence-corrected chi connectivity index (χ2v) is 6.09. The van der Waals surface area contributed by atoms with Crippen molar-refractivity contribution in [2.24, 2.45) is 0 Å². The van der Waals surface area contributed by atoms with E-state index in [-0.39, 0.29) is 10.7 Å². The molecule has 1 N–H and O–H groups in total. The molecule has 2 aromatic rings. The van der Waals surface area contributed by atoms with Crippen LogP contribution in [-0.4, -0.2) is 15.8 Å². The summed E-state index contributed by atoms with van der Waals surface area (Å²) in [4.78, 5) is 28.1. The minimum Gasteiger partial charge on any atom is -0.347 e. The number of rotatable bonds is 4. The van der Waals surface area contributed by atoms with Gasteiger partial charge in [-0.2, -0.15) is 0 Å². The van der Waals surface area contributed by atoms with Crippen molar-refractivity contribution in [2.75, 3.05) is 0 Å². The molecule has 0 saturated carbocycles. The second-order valence-electron chi connectivity index (χ2n) is 4.39. The minimum atomic E-state index is -0.705. The van der Waals surface area contributed by atoms with Crippen LogP contribution in [0.2, 0.25) is 5.15 Å². The van der Waals surface area contributed by atoms with Crippen LogP contribution in [0.3, 0.4) is 0 Å². The van der Waals surface area contributed by atoms with Gasteiger partial charge in [-0.3, -0.25) is 14.9 Å². The normalized spacial score (nSPS) is 10.4. The van der Waals surface area contributed by atoms with E-state index in [2.05, 4.69) is 10.3 Å². The van der Waals surface area contributed by atoms with E-state index < -0.39 is 16.5 Å². The molecule has 0 aliphatic carbocycles. The summed E-state index contributed by atoms with van der Waals surface area (Å²) >= 11 is 7.26. The summed E-state index contributed by atoms with van der Waals surface area (Å²) in [6.07, 6.45) is 1.27. The monoisotopic (exact) mass is 325 g/mol. The maximum absolute atomic E-state index is 12.1. The number of hydrogen-bond donors (Lipinski definition) is 1. The highest BCUT2D eigenvalue weighted by Crippen LogP contribution is 2.26. The first-order chi connectivity index (χ1) is 9.90. The number of aryl methyl sites for hydroxylation is 2. The van der Waals surface area contributed by atoms with Crippen LogP contribution in [0, 0.1) is 24.0 Å². The molecule has 8 heteroatoms. The van der Waals surface area contributed by atoms with Gasteiger partial charge in [0.15, 0.2) is 0 Å². The molecular formula is C13H12ClN3O3S. The van der Waals surface area contributed by atoms with Crippen LogP contribution >= 0.6 is 22.9 Å².